The molecule has 5 saturated heterocycles. The Labute approximate surface area is 626 Å². The number of piperidine rings is 4. The van der Waals surface area contributed by atoms with Crippen LogP contribution in [0.4, 0.5) is 0 Å². The van der Waals surface area contributed by atoms with Gasteiger partial charge in [0.15, 0.2) is 0 Å². The van der Waals surface area contributed by atoms with Crippen LogP contribution in [0.25, 0.3) is 44.6 Å². The smallest absolute Gasteiger partial charge is 0.248 e. The third kappa shape index (κ3) is 20.5. The average molecular weight is 1440 g/mol. The predicted molar refractivity (Wildman–Crippen MR) is 412 cm³/mol. The van der Waals surface area contributed by atoms with Gasteiger partial charge in [0.25, 0.3) is 0 Å². The van der Waals surface area contributed by atoms with Crippen LogP contribution in [-0.4, -0.2) is 161 Å². The summed E-state index contributed by atoms with van der Waals surface area (Å²) >= 11 is 0. The highest BCUT2D eigenvalue weighted by molar-refractivity contribution is 5.95. The molecule has 6 aromatic carbocycles. The Morgan fingerprint density at radius 1 is 0.495 bits per heavy atom. The number of hydrogen-bond donors (Lipinski definition) is 1. The van der Waals surface area contributed by atoms with Gasteiger partial charge in [-0.1, -0.05) is 106 Å². The first-order valence-corrected chi connectivity index (χ1v) is 36.2. The molecule has 0 saturated carbocycles. The van der Waals surface area contributed by atoms with Gasteiger partial charge in [0.2, 0.25) is 35.4 Å². The number of pyridine rings is 1. The van der Waals surface area contributed by atoms with Gasteiger partial charge in [0.1, 0.15) is 58.9 Å². The molecule has 107 heavy (non-hydrogen) atoms. The topological polar surface area (TPSA) is 251 Å². The fourth-order valence-corrected chi connectivity index (χ4v) is 14.2. The fraction of sp³-hybridized carbons (Fsp3) is 0.314. The lowest BCUT2D eigenvalue weighted by atomic mass is 9.96. The van der Waals surface area contributed by atoms with Crippen molar-refractivity contribution in [1.29, 1.82) is 5.26 Å². The van der Waals surface area contributed by atoms with Crippen molar-refractivity contribution in [2.24, 2.45) is 5.73 Å². The van der Waals surface area contributed by atoms with Crippen LogP contribution in [0.5, 0.6) is 40.4 Å². The molecule has 2 N–H and O–H groups in total. The molecular weight excluding hydrogens is 1350 g/mol. The highest BCUT2D eigenvalue weighted by Crippen LogP contribution is 2.40. The van der Waals surface area contributed by atoms with E-state index in [2.05, 4.69) is 66.6 Å². The SMILES string of the molecule is C=CC(=O)N1C2CCC1CC(Oc1cc(C(N)=O)cc(-c3ccccc3OC)c1)C2.C=CC(=O)N1CCC(Oc2cc(-c3ccccc3OC)cnn2)CC1.C=CC(=O)N1CCC(Oc2cc(C#N)cc(-c3ccccc3CC)c2)CC1.C=CC(=O)N1CCC(Oc2ccnc(-c3ccccc3OC)c2)CC1. The summed E-state index contributed by atoms with van der Waals surface area (Å²) in [5.41, 5.74) is 15.2. The minimum atomic E-state index is -0.511. The zero-order chi connectivity index (χ0) is 75.8. The molecule has 2 bridgehead atoms. The molecule has 5 fully saturated rings. The second kappa shape index (κ2) is 38.1. The third-order valence-electron chi connectivity index (χ3n) is 19.6. The normalized spacial score (nSPS) is 16.9. The number of primary amides is 1. The number of likely N-dealkylation sites (tertiary alicyclic amines) is 3. The lowest BCUT2D eigenvalue weighted by Gasteiger charge is -2.38. The van der Waals surface area contributed by atoms with Crippen LogP contribution >= 0.6 is 0 Å². The van der Waals surface area contributed by atoms with Crippen LogP contribution in [0.3, 0.4) is 0 Å². The summed E-state index contributed by atoms with van der Waals surface area (Å²) in [5.74, 6) is 4.25. The second-order valence-electron chi connectivity index (χ2n) is 26.3. The number of benzene rings is 6. The van der Waals surface area contributed by atoms with Gasteiger partial charge in [-0.2, -0.15) is 10.4 Å². The molecule has 0 aliphatic carbocycles. The highest BCUT2D eigenvalue weighted by atomic mass is 16.5. The average Bonchev–Trinajstić information content (AvgIpc) is 1.71. The standard InChI is InChI=1S/C24H26N2O4.C23H24N2O2.C20H22N2O3.C19H21N3O3/c1-3-23(27)26-17-8-9-18(26)14-20(13-17)30-19-11-15(10-16(12-19)24(25)28)21-6-4-5-7-22(21)29-2;1-3-18-7-5-6-8-22(18)19-13-17(16-24)14-21(15-19)27-20-9-11-25(12-10-20)23(26)4-2;1-3-20(23)22-12-9-15(10-13-22)25-16-8-11-21-18(14-16)17-6-4-5-7-19(17)24-2;1-3-19(23)22-10-8-15(9-11-22)25-18-12-14(13-20-21-18)16-6-4-5-7-17(16)24-2/h3-7,10-12,17-18,20H,1,8-9,13-14H2,2H3,(H2,25,28);4-8,13-15,20H,2-3,9-12H2,1H3;3-8,11,14-15H,1,9-10,12-13H2,2H3;3-7,12-13,15H,1,8-11H2,2H3. The van der Waals surface area contributed by atoms with E-state index in [0.29, 0.717) is 73.5 Å². The van der Waals surface area contributed by atoms with Crippen molar-refractivity contribution in [2.45, 2.75) is 114 Å². The van der Waals surface area contributed by atoms with Gasteiger partial charge < -0.3 is 58.5 Å². The molecule has 7 heterocycles. The van der Waals surface area contributed by atoms with Crippen LogP contribution in [0.15, 0.2) is 215 Å². The summed E-state index contributed by atoms with van der Waals surface area (Å²) in [7, 11) is 4.91. The molecule has 2 atom stereocenters. The number of fused-ring (bicyclic) bond motifs is 2. The lowest BCUT2D eigenvalue weighted by Crippen LogP contribution is -2.48. The summed E-state index contributed by atoms with van der Waals surface area (Å²) < 4.78 is 40.9. The first-order chi connectivity index (χ1) is 52.0. The van der Waals surface area contributed by atoms with Gasteiger partial charge in [-0.3, -0.25) is 29.0 Å². The van der Waals surface area contributed by atoms with E-state index >= 15 is 0 Å². The van der Waals surface area contributed by atoms with Gasteiger partial charge in [-0.05, 0) is 133 Å². The number of methoxy groups -OCH3 is 3. The number of rotatable bonds is 21. The molecule has 5 amide bonds. The predicted octanol–water partition coefficient (Wildman–Crippen LogP) is 13.9. The second-order valence-corrected chi connectivity index (χ2v) is 26.3. The molecule has 0 spiro atoms. The Kier molecular flexibility index (Phi) is 27.6. The summed E-state index contributed by atoms with van der Waals surface area (Å²) in [4.78, 5) is 70.8. The van der Waals surface area contributed by atoms with Crippen LogP contribution in [0.2, 0.25) is 0 Å². The zero-order valence-electron chi connectivity index (χ0n) is 61.3. The van der Waals surface area contributed by atoms with Gasteiger partial charge in [0, 0.05) is 149 Å². The number of nitrogens with zero attached hydrogens (tertiary/aromatic N) is 8. The lowest BCUT2D eigenvalue weighted by molar-refractivity contribution is -0.132. The molecule has 554 valence electrons. The van der Waals surface area contributed by atoms with Gasteiger partial charge in [-0.15, -0.1) is 5.10 Å². The highest BCUT2D eigenvalue weighted by Gasteiger charge is 2.43. The monoisotopic (exact) mass is 1440 g/mol. The Morgan fingerprint density at radius 3 is 1.45 bits per heavy atom. The van der Waals surface area contributed by atoms with Crippen molar-refractivity contribution in [3.8, 4) is 91.1 Å². The maximum absolute atomic E-state index is 12.2. The van der Waals surface area contributed by atoms with Gasteiger partial charge in [-0.25, -0.2) is 0 Å². The zero-order valence-corrected chi connectivity index (χ0v) is 61.3. The number of nitriles is 1. The Bertz CT molecular complexity index is 4350. The minimum absolute atomic E-state index is 0.00450. The number of nitrogens with two attached hydrogens (primary N) is 1. The van der Waals surface area contributed by atoms with Crippen molar-refractivity contribution >= 4 is 29.5 Å². The minimum Gasteiger partial charge on any atom is -0.496 e. The Morgan fingerprint density at radius 2 is 0.944 bits per heavy atom. The fourth-order valence-electron chi connectivity index (χ4n) is 14.2. The van der Waals surface area contributed by atoms with Crippen LogP contribution in [0.1, 0.15) is 92.6 Å². The molecule has 2 aromatic heterocycles. The number of aromatic nitrogens is 3. The summed E-state index contributed by atoms with van der Waals surface area (Å²) in [6.07, 6.45) is 18.2. The molecule has 8 aromatic rings. The molecule has 21 heteroatoms. The van der Waals surface area contributed by atoms with Crippen LogP contribution in [-0.2, 0) is 25.6 Å². The number of para-hydroxylation sites is 3. The van der Waals surface area contributed by atoms with Crippen LogP contribution in [0, 0.1) is 11.3 Å². The first kappa shape index (κ1) is 77.6. The summed E-state index contributed by atoms with van der Waals surface area (Å²) in [5, 5.41) is 17.6. The van der Waals surface area contributed by atoms with Crippen molar-refractivity contribution in [2.75, 3.05) is 60.6 Å². The van der Waals surface area contributed by atoms with E-state index in [9.17, 15) is 29.2 Å². The van der Waals surface area contributed by atoms with Crippen molar-refractivity contribution in [3.63, 3.8) is 0 Å². The first-order valence-electron chi connectivity index (χ1n) is 36.2. The van der Waals surface area contributed by atoms with E-state index in [1.165, 1.54) is 29.9 Å². The number of ether oxygens (including phenoxy) is 7. The summed E-state index contributed by atoms with van der Waals surface area (Å²) in [6, 6.07) is 50.7. The molecule has 21 nitrogen and oxygen atoms in total. The van der Waals surface area contributed by atoms with Crippen molar-refractivity contribution in [3.05, 3.63) is 231 Å². The van der Waals surface area contributed by atoms with Gasteiger partial charge >= 0.3 is 0 Å². The Balaban J connectivity index is 0.000000153. The molecule has 5 aliphatic heterocycles. The maximum atomic E-state index is 12.2. The van der Waals surface area contributed by atoms with E-state index in [1.54, 1.807) is 66.6 Å². The number of amides is 5. The van der Waals surface area contributed by atoms with E-state index in [1.807, 2.05) is 126 Å². The number of carbonyl (C=O) groups excluding carboxylic acids is 5. The maximum Gasteiger partial charge on any atom is 0.248 e. The number of aryl methyl sites for hydroxylation is 1. The quantitative estimate of drug-likeness (QED) is 0.0656. The largest absolute Gasteiger partial charge is 0.496 e. The number of hydrogen-bond acceptors (Lipinski definition) is 16. The van der Waals surface area contributed by atoms with E-state index in [0.717, 1.165) is 133 Å². The van der Waals surface area contributed by atoms with E-state index in [-0.39, 0.29) is 60.1 Å². The number of carbonyl (C=O) groups is 5. The molecule has 13 rings (SSSR count). The Hall–Kier alpha value is -12.1. The molecule has 2 unspecified atom stereocenters. The molecular formula is C86H93N9O12. The van der Waals surface area contributed by atoms with Crippen molar-refractivity contribution < 1.29 is 57.1 Å². The van der Waals surface area contributed by atoms with E-state index < -0.39 is 5.91 Å². The molecule has 0 radical (unpaired) electrons. The van der Waals surface area contributed by atoms with Gasteiger partial charge in [0.05, 0.1) is 44.9 Å². The van der Waals surface area contributed by atoms with Crippen molar-refractivity contribution in [1.82, 2.24) is 34.8 Å². The van der Waals surface area contributed by atoms with E-state index in [4.69, 9.17) is 38.9 Å². The van der Waals surface area contributed by atoms with Crippen LogP contribution < -0.4 is 38.9 Å². The molecule has 5 aliphatic rings. The summed E-state index contributed by atoms with van der Waals surface area (Å²) in [6.45, 7) is 20.4. The third-order valence-corrected chi connectivity index (χ3v) is 19.6.